The van der Waals surface area contributed by atoms with E-state index >= 15 is 0 Å². The molecule has 0 amide bonds. The van der Waals surface area contributed by atoms with Crippen molar-refractivity contribution in [3.8, 4) is 0 Å². The van der Waals surface area contributed by atoms with Crippen molar-refractivity contribution >= 4 is 27.2 Å². The summed E-state index contributed by atoms with van der Waals surface area (Å²) in [5.74, 6) is -0.338. The van der Waals surface area contributed by atoms with Crippen LogP contribution in [-0.2, 0) is 14.8 Å². The van der Waals surface area contributed by atoms with Crippen molar-refractivity contribution in [2.75, 3.05) is 19.5 Å². The average molecular weight is 240 g/mol. The zero-order valence-electron chi connectivity index (χ0n) is 8.53. The van der Waals surface area contributed by atoms with Gasteiger partial charge < -0.3 is 10.5 Å². The number of methoxy groups -OCH3 is 1. The normalized spacial score (nSPS) is 12.8. The Kier molecular flexibility index (Phi) is 4.93. The number of hydrogen-bond donors (Lipinski definition) is 2. The lowest BCUT2D eigenvalue weighted by molar-refractivity contribution is 0.141. The number of hydrogen-bond acceptors (Lipinski definition) is 4. The van der Waals surface area contributed by atoms with E-state index in [4.69, 9.17) is 10.5 Å². The van der Waals surface area contributed by atoms with Crippen LogP contribution in [0.5, 0.6) is 0 Å². The molecular weight excluding hydrogens is 224 g/mol. The molecule has 14 heavy (non-hydrogen) atoms. The molecule has 0 spiro atoms. The highest BCUT2D eigenvalue weighted by molar-refractivity contribution is 7.92. The van der Waals surface area contributed by atoms with Crippen LogP contribution in [0.3, 0.4) is 0 Å². The maximum atomic E-state index is 11.4. The molecule has 5 nitrogen and oxygen atoms in total. The molecule has 0 bridgehead atoms. The number of ether oxygens (including phenoxy) is 1. The Morgan fingerprint density at radius 1 is 1.57 bits per heavy atom. The second-order valence-electron chi connectivity index (χ2n) is 3.64. The lowest BCUT2D eigenvalue weighted by Crippen LogP contribution is -2.48. The second-order valence-corrected chi connectivity index (χ2v) is 5.89. The topological polar surface area (TPSA) is 81.4 Å². The number of thiocarbonyl (C=S) groups is 1. The van der Waals surface area contributed by atoms with Crippen molar-refractivity contribution in [3.05, 3.63) is 0 Å². The van der Waals surface area contributed by atoms with E-state index in [2.05, 4.69) is 16.9 Å². The Morgan fingerprint density at radius 2 is 2.07 bits per heavy atom. The Morgan fingerprint density at radius 3 is 2.43 bits per heavy atom. The molecule has 0 aromatic heterocycles. The fourth-order valence-corrected chi connectivity index (χ4v) is 2.85. The fourth-order valence-electron chi connectivity index (χ4n) is 1.03. The molecule has 7 heteroatoms. The number of nitrogens with one attached hydrogen (secondary N) is 1. The molecule has 0 saturated heterocycles. The second kappa shape index (κ2) is 5.01. The smallest absolute Gasteiger partial charge is 0.218 e. The van der Waals surface area contributed by atoms with Gasteiger partial charge in [-0.15, -0.1) is 0 Å². The maximum absolute atomic E-state index is 11.4. The molecule has 0 radical (unpaired) electrons. The highest BCUT2D eigenvalue weighted by Crippen LogP contribution is 2.04. The summed E-state index contributed by atoms with van der Waals surface area (Å²) in [7, 11) is -1.95. The summed E-state index contributed by atoms with van der Waals surface area (Å²) in [6.45, 7) is 3.71. The largest absolute Gasteiger partial charge is 0.392 e. The van der Waals surface area contributed by atoms with Gasteiger partial charge in [0.2, 0.25) is 10.0 Å². The minimum absolute atomic E-state index is 0.0503. The third-order valence-electron chi connectivity index (χ3n) is 1.27. The molecule has 0 heterocycles. The molecule has 0 aliphatic rings. The van der Waals surface area contributed by atoms with Crippen LogP contribution in [-0.4, -0.2) is 38.4 Å². The predicted octanol–water partition coefficient (Wildman–Crippen LogP) is -0.383. The number of sulfonamides is 1. The summed E-state index contributed by atoms with van der Waals surface area (Å²) in [4.78, 5) is -0.0503. The Labute approximate surface area is 90.1 Å². The van der Waals surface area contributed by atoms with Gasteiger partial charge in [0.25, 0.3) is 0 Å². The molecule has 0 rings (SSSR count). The van der Waals surface area contributed by atoms with E-state index in [0.717, 1.165) is 0 Å². The van der Waals surface area contributed by atoms with E-state index < -0.39 is 15.6 Å². The molecule has 0 aliphatic carbocycles. The molecule has 0 fully saturated rings. The molecule has 0 atom stereocenters. The maximum Gasteiger partial charge on any atom is 0.218 e. The van der Waals surface area contributed by atoms with Gasteiger partial charge >= 0.3 is 0 Å². The summed E-state index contributed by atoms with van der Waals surface area (Å²) >= 11 is 4.52. The molecule has 0 aromatic rings. The monoisotopic (exact) mass is 240 g/mol. The van der Waals surface area contributed by atoms with Crippen LogP contribution in [0.1, 0.15) is 13.8 Å². The SMILES string of the molecule is COCC(C)(C)NS(=O)(=O)CC(N)=S. The van der Waals surface area contributed by atoms with Crippen molar-refractivity contribution in [1.29, 1.82) is 0 Å². The summed E-state index contributed by atoms with van der Waals surface area (Å²) in [5, 5.41) is 0. The molecule has 3 N–H and O–H groups in total. The quantitative estimate of drug-likeness (QED) is 0.618. The lowest BCUT2D eigenvalue weighted by Gasteiger charge is -2.24. The lowest BCUT2D eigenvalue weighted by atomic mass is 10.1. The standard InChI is InChI=1S/C7H16N2O3S2/c1-7(2,5-12-3)9-14(10,11)4-6(8)13/h9H,4-5H2,1-3H3,(H2,8,13). The highest BCUT2D eigenvalue weighted by Gasteiger charge is 2.24. The Hall–Kier alpha value is -0.240. The van der Waals surface area contributed by atoms with Crippen molar-refractivity contribution in [2.24, 2.45) is 5.73 Å². The third kappa shape index (κ3) is 6.25. The average Bonchev–Trinajstić information content (AvgIpc) is 1.78. The molecule has 84 valence electrons. The highest BCUT2D eigenvalue weighted by atomic mass is 32.2. The van der Waals surface area contributed by atoms with Crippen LogP contribution in [0.4, 0.5) is 0 Å². The van der Waals surface area contributed by atoms with E-state index in [1.807, 2.05) is 0 Å². The zero-order valence-corrected chi connectivity index (χ0v) is 10.2. The Bertz CT molecular complexity index is 298. The van der Waals surface area contributed by atoms with Gasteiger partial charge in [0, 0.05) is 7.11 Å². The molecule has 0 aromatic carbocycles. The van der Waals surface area contributed by atoms with Crippen LogP contribution in [0.2, 0.25) is 0 Å². The predicted molar refractivity (Wildman–Crippen MR) is 59.7 cm³/mol. The van der Waals surface area contributed by atoms with Crippen molar-refractivity contribution in [1.82, 2.24) is 4.72 Å². The van der Waals surface area contributed by atoms with Crippen LogP contribution in [0.25, 0.3) is 0 Å². The Balaban J connectivity index is 4.42. The van der Waals surface area contributed by atoms with Gasteiger partial charge in [-0.3, -0.25) is 0 Å². The van der Waals surface area contributed by atoms with E-state index in [0.29, 0.717) is 0 Å². The van der Waals surface area contributed by atoms with Gasteiger partial charge in [0.05, 0.1) is 17.1 Å². The van der Waals surface area contributed by atoms with Crippen molar-refractivity contribution in [3.63, 3.8) is 0 Å². The first-order valence-corrected chi connectivity index (χ1v) is 6.03. The van der Waals surface area contributed by atoms with Crippen LogP contribution in [0.15, 0.2) is 0 Å². The summed E-state index contributed by atoms with van der Waals surface area (Å²) in [5.41, 5.74) is 4.50. The van der Waals surface area contributed by atoms with Crippen LogP contribution in [0, 0.1) is 0 Å². The molecule has 0 saturated carbocycles. The molecule has 0 unspecified atom stereocenters. The van der Waals surface area contributed by atoms with Gasteiger partial charge in [-0.1, -0.05) is 12.2 Å². The summed E-state index contributed by atoms with van der Waals surface area (Å²) in [6.07, 6.45) is 0. The van der Waals surface area contributed by atoms with Gasteiger partial charge in [0.1, 0.15) is 5.75 Å². The van der Waals surface area contributed by atoms with E-state index in [1.54, 1.807) is 13.8 Å². The zero-order chi connectivity index (χ0) is 11.4. The van der Waals surface area contributed by atoms with Crippen molar-refractivity contribution < 1.29 is 13.2 Å². The summed E-state index contributed by atoms with van der Waals surface area (Å²) in [6, 6.07) is 0. The molecule has 0 aliphatic heterocycles. The number of rotatable bonds is 6. The van der Waals surface area contributed by atoms with Gasteiger partial charge in [0.15, 0.2) is 0 Å². The first-order valence-electron chi connectivity index (χ1n) is 3.97. The van der Waals surface area contributed by atoms with E-state index in [9.17, 15) is 8.42 Å². The van der Waals surface area contributed by atoms with Gasteiger partial charge in [-0.05, 0) is 13.8 Å². The third-order valence-corrected chi connectivity index (χ3v) is 3.15. The van der Waals surface area contributed by atoms with Gasteiger partial charge in [-0.2, -0.15) is 0 Å². The first kappa shape index (κ1) is 13.8. The van der Waals surface area contributed by atoms with Crippen LogP contribution < -0.4 is 10.5 Å². The minimum Gasteiger partial charge on any atom is -0.392 e. The van der Waals surface area contributed by atoms with Crippen LogP contribution >= 0.6 is 12.2 Å². The van der Waals surface area contributed by atoms with E-state index in [1.165, 1.54) is 7.11 Å². The number of nitrogens with two attached hydrogens (primary N) is 1. The van der Waals surface area contributed by atoms with E-state index in [-0.39, 0.29) is 17.3 Å². The summed E-state index contributed by atoms with van der Waals surface area (Å²) < 4.78 is 30.1. The first-order chi connectivity index (χ1) is 6.18. The fraction of sp³-hybridized carbons (Fsp3) is 0.857. The molecular formula is C7H16N2O3S2. The van der Waals surface area contributed by atoms with Gasteiger partial charge in [-0.25, -0.2) is 13.1 Å². The van der Waals surface area contributed by atoms with Crippen molar-refractivity contribution in [2.45, 2.75) is 19.4 Å². The minimum atomic E-state index is -3.46.